The van der Waals surface area contributed by atoms with Gasteiger partial charge in [0.05, 0.1) is 12.5 Å². The minimum atomic E-state index is -0.236. The molecule has 0 saturated carbocycles. The normalized spacial score (nSPS) is 12.4. The second kappa shape index (κ2) is 7.28. The van der Waals surface area contributed by atoms with Gasteiger partial charge < -0.3 is 15.3 Å². The number of benzene rings is 1. The highest BCUT2D eigenvalue weighted by Gasteiger charge is 2.17. The van der Waals surface area contributed by atoms with E-state index in [0.717, 1.165) is 5.56 Å². The Hall–Kier alpha value is -2.34. The van der Waals surface area contributed by atoms with Gasteiger partial charge in [-0.25, -0.2) is 0 Å². The van der Waals surface area contributed by atoms with E-state index in [1.807, 2.05) is 20.2 Å². The number of rotatable bonds is 6. The van der Waals surface area contributed by atoms with Crippen molar-refractivity contribution < 1.29 is 4.79 Å². The number of aromatic nitrogens is 2. The van der Waals surface area contributed by atoms with E-state index in [4.69, 9.17) is 0 Å². The number of nitrogens with one attached hydrogen (secondary N) is 3. The molecule has 0 aliphatic heterocycles. The second-order valence-electron chi connectivity index (χ2n) is 6.06. The van der Waals surface area contributed by atoms with Crippen molar-refractivity contribution in [3.63, 3.8) is 0 Å². The maximum absolute atomic E-state index is 12.1. The molecule has 1 amide bonds. The Labute approximate surface area is 135 Å². The fourth-order valence-electron chi connectivity index (χ4n) is 2.59. The van der Waals surface area contributed by atoms with Crippen molar-refractivity contribution in [2.45, 2.75) is 26.3 Å². The quantitative estimate of drug-likeness (QED) is 0.751. The van der Waals surface area contributed by atoms with E-state index in [-0.39, 0.29) is 23.9 Å². The van der Waals surface area contributed by atoms with Crippen LogP contribution in [0.3, 0.4) is 0 Å². The number of aryl methyl sites for hydroxylation is 2. The monoisotopic (exact) mass is 316 g/mol. The molecule has 1 unspecified atom stereocenters. The Bertz CT molecular complexity index is 730. The summed E-state index contributed by atoms with van der Waals surface area (Å²) in [5.74, 6) is -0.155. The molecule has 124 valence electrons. The Balaban J connectivity index is 2.02. The summed E-state index contributed by atoms with van der Waals surface area (Å²) in [7, 11) is 3.97. The highest BCUT2D eigenvalue weighted by atomic mass is 16.2. The van der Waals surface area contributed by atoms with E-state index in [1.54, 1.807) is 6.92 Å². The standard InChI is InChI=1S/C17H24N4O2/c1-11-6-5-7-13(8-11)15(21(3)4)10-18-16(22)9-14-12(2)19-20-17(14)23/h5-8,15H,9-10H2,1-4H3,(H,18,22)(H2,19,20,23). The second-order valence-corrected chi connectivity index (χ2v) is 6.06. The third-order valence-electron chi connectivity index (χ3n) is 3.97. The Kier molecular flexibility index (Phi) is 5.39. The molecule has 6 heteroatoms. The molecule has 2 rings (SSSR count). The molecule has 0 spiro atoms. The fraction of sp³-hybridized carbons (Fsp3) is 0.412. The number of H-pyrrole nitrogens is 2. The van der Waals surface area contributed by atoms with Crippen LogP contribution >= 0.6 is 0 Å². The molecule has 3 N–H and O–H groups in total. The average molecular weight is 316 g/mol. The Morgan fingerprint density at radius 1 is 1.26 bits per heavy atom. The average Bonchev–Trinajstić information content (AvgIpc) is 2.79. The van der Waals surface area contributed by atoms with E-state index >= 15 is 0 Å². The predicted octanol–water partition coefficient (Wildman–Crippen LogP) is 1.28. The van der Waals surface area contributed by atoms with Crippen molar-refractivity contribution in [3.8, 4) is 0 Å². The maximum atomic E-state index is 12.1. The van der Waals surface area contributed by atoms with E-state index < -0.39 is 0 Å². The van der Waals surface area contributed by atoms with Crippen molar-refractivity contribution in [3.05, 3.63) is 57.0 Å². The number of carbonyl (C=O) groups excluding carboxylic acids is 1. The van der Waals surface area contributed by atoms with Crippen molar-refractivity contribution in [2.24, 2.45) is 0 Å². The largest absolute Gasteiger partial charge is 0.354 e. The van der Waals surface area contributed by atoms with Gasteiger partial charge in [0.2, 0.25) is 5.91 Å². The van der Waals surface area contributed by atoms with Crippen LogP contribution in [0.2, 0.25) is 0 Å². The molecule has 1 atom stereocenters. The van der Waals surface area contributed by atoms with Crippen molar-refractivity contribution in [2.75, 3.05) is 20.6 Å². The lowest BCUT2D eigenvalue weighted by atomic mass is 10.0. The van der Waals surface area contributed by atoms with Gasteiger partial charge in [-0.3, -0.25) is 14.7 Å². The Morgan fingerprint density at radius 2 is 2.00 bits per heavy atom. The fourth-order valence-corrected chi connectivity index (χ4v) is 2.59. The number of carbonyl (C=O) groups is 1. The van der Waals surface area contributed by atoms with Gasteiger partial charge in [0.15, 0.2) is 0 Å². The topological polar surface area (TPSA) is 81.0 Å². The zero-order chi connectivity index (χ0) is 17.0. The number of hydrogen-bond donors (Lipinski definition) is 3. The number of aromatic amines is 2. The summed E-state index contributed by atoms with van der Waals surface area (Å²) >= 11 is 0. The van der Waals surface area contributed by atoms with E-state index in [9.17, 15) is 9.59 Å². The third kappa shape index (κ3) is 4.32. The molecule has 0 fully saturated rings. The van der Waals surface area contributed by atoms with Gasteiger partial charge in [0, 0.05) is 17.8 Å². The minimum absolute atomic E-state index is 0.0820. The van der Waals surface area contributed by atoms with Crippen molar-refractivity contribution in [1.82, 2.24) is 20.4 Å². The van der Waals surface area contributed by atoms with Gasteiger partial charge >= 0.3 is 0 Å². The molecule has 0 radical (unpaired) electrons. The van der Waals surface area contributed by atoms with Gasteiger partial charge in [-0.15, -0.1) is 0 Å². The summed E-state index contributed by atoms with van der Waals surface area (Å²) in [6.07, 6.45) is 0.0820. The molecule has 2 aromatic rings. The molecule has 0 bridgehead atoms. The van der Waals surface area contributed by atoms with Gasteiger partial charge in [-0.1, -0.05) is 29.8 Å². The van der Waals surface area contributed by atoms with Crippen LogP contribution in [0.25, 0.3) is 0 Å². The molecule has 0 saturated heterocycles. The summed E-state index contributed by atoms with van der Waals surface area (Å²) in [6, 6.07) is 8.34. The van der Waals surface area contributed by atoms with Crippen LogP contribution < -0.4 is 10.9 Å². The molecular formula is C17H24N4O2. The van der Waals surface area contributed by atoms with Gasteiger partial charge in [-0.05, 0) is 33.5 Å². The SMILES string of the molecule is Cc1cccc(C(CNC(=O)Cc2c(C)[nH][nH]c2=O)N(C)C)c1. The number of amides is 1. The lowest BCUT2D eigenvalue weighted by Gasteiger charge is -2.25. The van der Waals surface area contributed by atoms with Gasteiger partial charge in [0.1, 0.15) is 0 Å². The molecule has 0 aliphatic carbocycles. The molecule has 1 aromatic heterocycles. The summed E-state index contributed by atoms with van der Waals surface area (Å²) in [6.45, 7) is 4.32. The lowest BCUT2D eigenvalue weighted by Crippen LogP contribution is -2.35. The van der Waals surface area contributed by atoms with Crippen molar-refractivity contribution >= 4 is 5.91 Å². The lowest BCUT2D eigenvalue weighted by molar-refractivity contribution is -0.120. The molecule has 0 aliphatic rings. The molecular weight excluding hydrogens is 292 g/mol. The first-order valence-corrected chi connectivity index (χ1v) is 7.64. The minimum Gasteiger partial charge on any atom is -0.354 e. The predicted molar refractivity (Wildman–Crippen MR) is 90.5 cm³/mol. The summed E-state index contributed by atoms with van der Waals surface area (Å²) in [5, 5.41) is 8.15. The zero-order valence-corrected chi connectivity index (χ0v) is 14.1. The number of likely N-dealkylation sites (N-methyl/N-ethyl adjacent to an activating group) is 1. The van der Waals surface area contributed by atoms with Crippen LogP contribution in [0.5, 0.6) is 0 Å². The van der Waals surface area contributed by atoms with Crippen LogP contribution in [-0.4, -0.2) is 41.6 Å². The number of hydrogen-bond acceptors (Lipinski definition) is 3. The van der Waals surface area contributed by atoms with E-state index in [2.05, 4.69) is 45.5 Å². The highest BCUT2D eigenvalue weighted by Crippen LogP contribution is 2.18. The molecule has 6 nitrogen and oxygen atoms in total. The van der Waals surface area contributed by atoms with Gasteiger partial charge in [-0.2, -0.15) is 0 Å². The zero-order valence-electron chi connectivity index (χ0n) is 14.1. The molecule has 1 heterocycles. The first kappa shape index (κ1) is 17.0. The maximum Gasteiger partial charge on any atom is 0.267 e. The van der Waals surface area contributed by atoms with Crippen LogP contribution in [-0.2, 0) is 11.2 Å². The van der Waals surface area contributed by atoms with Crippen molar-refractivity contribution in [1.29, 1.82) is 0 Å². The summed E-state index contributed by atoms with van der Waals surface area (Å²) < 4.78 is 0. The Morgan fingerprint density at radius 3 is 2.57 bits per heavy atom. The molecule has 23 heavy (non-hydrogen) atoms. The third-order valence-corrected chi connectivity index (χ3v) is 3.97. The summed E-state index contributed by atoms with van der Waals surface area (Å²) in [4.78, 5) is 25.8. The highest BCUT2D eigenvalue weighted by molar-refractivity contribution is 5.78. The van der Waals surface area contributed by atoms with Gasteiger partial charge in [0.25, 0.3) is 5.56 Å². The van der Waals surface area contributed by atoms with E-state index in [1.165, 1.54) is 5.56 Å². The molecule has 1 aromatic carbocycles. The van der Waals surface area contributed by atoms with E-state index in [0.29, 0.717) is 17.8 Å². The van der Waals surface area contributed by atoms with Crippen LogP contribution in [0.4, 0.5) is 0 Å². The van der Waals surface area contributed by atoms with Crippen LogP contribution in [0, 0.1) is 13.8 Å². The number of nitrogens with zero attached hydrogens (tertiary/aromatic N) is 1. The first-order chi connectivity index (χ1) is 10.9. The van der Waals surface area contributed by atoms with Crippen LogP contribution in [0.15, 0.2) is 29.1 Å². The van der Waals surface area contributed by atoms with Crippen LogP contribution in [0.1, 0.15) is 28.4 Å². The summed E-state index contributed by atoms with van der Waals surface area (Å²) in [5.41, 5.74) is 3.30. The first-order valence-electron chi connectivity index (χ1n) is 7.64. The smallest absolute Gasteiger partial charge is 0.267 e.